The summed E-state index contributed by atoms with van der Waals surface area (Å²) in [5.74, 6) is 0.530. The molecule has 2 aromatic rings. The highest BCUT2D eigenvalue weighted by atomic mass is 32.1. The van der Waals surface area contributed by atoms with E-state index >= 15 is 0 Å². The van der Waals surface area contributed by atoms with Gasteiger partial charge in [0, 0.05) is 35.2 Å². The van der Waals surface area contributed by atoms with Crippen molar-refractivity contribution in [3.8, 4) is 10.6 Å². The molecule has 7 heteroatoms. The summed E-state index contributed by atoms with van der Waals surface area (Å²) in [5.41, 5.74) is 1.45. The second kappa shape index (κ2) is 6.35. The average Bonchev–Trinajstić information content (AvgIpc) is 3.32. The van der Waals surface area contributed by atoms with E-state index in [1.807, 2.05) is 18.4 Å². The third-order valence-corrected chi connectivity index (χ3v) is 5.28. The van der Waals surface area contributed by atoms with Gasteiger partial charge in [-0.1, -0.05) is 12.1 Å². The van der Waals surface area contributed by atoms with Crippen LogP contribution in [0, 0.1) is 16.0 Å². The zero-order valence-corrected chi connectivity index (χ0v) is 13.7. The first kappa shape index (κ1) is 16.0. The van der Waals surface area contributed by atoms with Gasteiger partial charge in [-0.15, -0.1) is 11.3 Å². The second-order valence-corrected chi connectivity index (χ2v) is 7.01. The molecular formula is C16H19N3O3S. The Morgan fingerprint density at radius 2 is 2.30 bits per heavy atom. The number of thiazole rings is 1. The minimum Gasteiger partial charge on any atom is -0.394 e. The van der Waals surface area contributed by atoms with E-state index in [1.54, 1.807) is 6.07 Å². The summed E-state index contributed by atoms with van der Waals surface area (Å²) in [5, 5.41) is 26.6. The Balaban J connectivity index is 1.70. The van der Waals surface area contributed by atoms with Gasteiger partial charge in [-0.25, -0.2) is 4.98 Å². The highest BCUT2D eigenvalue weighted by Gasteiger charge is 2.40. The SMILES string of the molecule is CC(CO)(NCc1csc(-c2cccc([N+](=O)[O-])c2)n1)C1CC1. The van der Waals surface area contributed by atoms with Crippen molar-refractivity contribution in [1.82, 2.24) is 10.3 Å². The Bertz CT molecular complexity index is 714. The normalized spacial score (nSPS) is 17.0. The molecule has 0 radical (unpaired) electrons. The van der Waals surface area contributed by atoms with Crippen molar-refractivity contribution < 1.29 is 10.0 Å². The van der Waals surface area contributed by atoms with Crippen LogP contribution in [0.2, 0.25) is 0 Å². The Kier molecular flexibility index (Phi) is 4.43. The Labute approximate surface area is 138 Å². The number of hydrogen-bond donors (Lipinski definition) is 2. The molecule has 23 heavy (non-hydrogen) atoms. The van der Waals surface area contributed by atoms with Crippen molar-refractivity contribution in [2.24, 2.45) is 5.92 Å². The second-order valence-electron chi connectivity index (χ2n) is 6.15. The van der Waals surface area contributed by atoms with Gasteiger partial charge < -0.3 is 10.4 Å². The molecule has 122 valence electrons. The van der Waals surface area contributed by atoms with E-state index in [9.17, 15) is 15.2 Å². The van der Waals surface area contributed by atoms with Gasteiger partial charge in [-0.05, 0) is 25.7 Å². The van der Waals surface area contributed by atoms with Crippen LogP contribution < -0.4 is 5.32 Å². The zero-order chi connectivity index (χ0) is 16.4. The zero-order valence-electron chi connectivity index (χ0n) is 12.9. The van der Waals surface area contributed by atoms with Gasteiger partial charge in [0.15, 0.2) is 0 Å². The average molecular weight is 333 g/mol. The maximum absolute atomic E-state index is 10.9. The minimum absolute atomic E-state index is 0.0685. The van der Waals surface area contributed by atoms with E-state index in [4.69, 9.17) is 0 Å². The number of hydrogen-bond acceptors (Lipinski definition) is 6. The number of aromatic nitrogens is 1. The molecule has 1 fully saturated rings. The van der Waals surface area contributed by atoms with E-state index in [0.717, 1.165) is 29.1 Å². The molecule has 0 saturated heterocycles. The van der Waals surface area contributed by atoms with Gasteiger partial charge in [0.25, 0.3) is 5.69 Å². The number of rotatable bonds is 7. The smallest absolute Gasteiger partial charge is 0.270 e. The largest absolute Gasteiger partial charge is 0.394 e. The number of aliphatic hydroxyl groups excluding tert-OH is 1. The molecule has 1 aliphatic rings. The summed E-state index contributed by atoms with van der Waals surface area (Å²) in [7, 11) is 0. The van der Waals surface area contributed by atoms with Gasteiger partial charge >= 0.3 is 0 Å². The Morgan fingerprint density at radius 3 is 2.96 bits per heavy atom. The van der Waals surface area contributed by atoms with E-state index in [0.29, 0.717) is 12.5 Å². The van der Waals surface area contributed by atoms with Gasteiger partial charge in [0.1, 0.15) is 5.01 Å². The Morgan fingerprint density at radius 1 is 1.52 bits per heavy atom. The summed E-state index contributed by atoms with van der Waals surface area (Å²) in [6.07, 6.45) is 2.31. The lowest BCUT2D eigenvalue weighted by Crippen LogP contribution is -2.47. The highest BCUT2D eigenvalue weighted by Crippen LogP contribution is 2.39. The topological polar surface area (TPSA) is 88.3 Å². The monoisotopic (exact) mass is 333 g/mol. The van der Waals surface area contributed by atoms with E-state index in [1.165, 1.54) is 23.5 Å². The Hall–Kier alpha value is -1.83. The maximum Gasteiger partial charge on any atom is 0.270 e. The van der Waals surface area contributed by atoms with Crippen molar-refractivity contribution in [1.29, 1.82) is 0 Å². The van der Waals surface area contributed by atoms with Crippen LogP contribution in [0.5, 0.6) is 0 Å². The third kappa shape index (κ3) is 3.57. The third-order valence-electron chi connectivity index (χ3n) is 4.34. The molecule has 2 N–H and O–H groups in total. The number of nitro groups is 1. The molecule has 6 nitrogen and oxygen atoms in total. The van der Waals surface area contributed by atoms with Crippen LogP contribution in [0.15, 0.2) is 29.6 Å². The lowest BCUT2D eigenvalue weighted by atomic mass is 9.97. The van der Waals surface area contributed by atoms with Crippen molar-refractivity contribution in [2.45, 2.75) is 31.8 Å². The van der Waals surface area contributed by atoms with Gasteiger partial charge in [-0.2, -0.15) is 0 Å². The van der Waals surface area contributed by atoms with Crippen molar-refractivity contribution >= 4 is 17.0 Å². The number of nitro benzene ring substituents is 1. The van der Waals surface area contributed by atoms with Crippen LogP contribution in [0.1, 0.15) is 25.5 Å². The van der Waals surface area contributed by atoms with Crippen molar-refractivity contribution in [3.63, 3.8) is 0 Å². The van der Waals surface area contributed by atoms with Crippen LogP contribution in [-0.2, 0) is 6.54 Å². The minimum atomic E-state index is -0.401. The molecule has 1 aromatic carbocycles. The fraction of sp³-hybridized carbons (Fsp3) is 0.438. The molecule has 1 aromatic heterocycles. The fourth-order valence-corrected chi connectivity index (χ4v) is 3.43. The molecule has 0 spiro atoms. The molecule has 1 unspecified atom stereocenters. The van der Waals surface area contributed by atoms with Crippen LogP contribution >= 0.6 is 11.3 Å². The lowest BCUT2D eigenvalue weighted by molar-refractivity contribution is -0.384. The number of aliphatic hydroxyl groups is 1. The summed E-state index contributed by atoms with van der Waals surface area (Å²) in [4.78, 5) is 15.0. The highest BCUT2D eigenvalue weighted by molar-refractivity contribution is 7.13. The first-order valence-corrected chi connectivity index (χ1v) is 8.45. The molecular weight excluding hydrogens is 314 g/mol. The molecule has 1 saturated carbocycles. The van der Waals surface area contributed by atoms with Crippen LogP contribution in [0.3, 0.4) is 0 Å². The molecule has 1 atom stereocenters. The standard InChI is InChI=1S/C16H19N3O3S/c1-16(10-20,12-5-6-12)17-8-13-9-23-15(18-13)11-3-2-4-14(7-11)19(21)22/h2-4,7,9,12,17,20H,5-6,8,10H2,1H3. The summed E-state index contributed by atoms with van der Waals surface area (Å²) >= 11 is 1.47. The van der Waals surface area contributed by atoms with E-state index < -0.39 is 4.92 Å². The van der Waals surface area contributed by atoms with E-state index in [2.05, 4.69) is 10.3 Å². The van der Waals surface area contributed by atoms with Gasteiger partial charge in [0.2, 0.25) is 0 Å². The number of benzene rings is 1. The quantitative estimate of drug-likeness (QED) is 0.601. The molecule has 3 rings (SSSR count). The van der Waals surface area contributed by atoms with Crippen LogP contribution in [0.4, 0.5) is 5.69 Å². The first-order valence-electron chi connectivity index (χ1n) is 7.57. The predicted octanol–water partition coefficient (Wildman–Crippen LogP) is 2.97. The molecule has 0 amide bonds. The molecule has 1 aliphatic carbocycles. The molecule has 0 bridgehead atoms. The molecule has 1 heterocycles. The molecule has 0 aliphatic heterocycles. The predicted molar refractivity (Wildman–Crippen MR) is 89.3 cm³/mol. The van der Waals surface area contributed by atoms with Crippen molar-refractivity contribution in [2.75, 3.05) is 6.61 Å². The summed E-state index contributed by atoms with van der Waals surface area (Å²) < 4.78 is 0. The number of nitrogens with one attached hydrogen (secondary N) is 1. The van der Waals surface area contributed by atoms with Crippen molar-refractivity contribution in [3.05, 3.63) is 45.5 Å². The summed E-state index contributed by atoms with van der Waals surface area (Å²) in [6.45, 7) is 2.73. The number of non-ortho nitro benzene ring substituents is 1. The fourth-order valence-electron chi connectivity index (χ4n) is 2.62. The van der Waals surface area contributed by atoms with Gasteiger partial charge in [0.05, 0.1) is 17.2 Å². The van der Waals surface area contributed by atoms with Crippen LogP contribution in [-0.4, -0.2) is 27.2 Å². The first-order chi connectivity index (χ1) is 11.0. The summed E-state index contributed by atoms with van der Waals surface area (Å²) in [6, 6.07) is 6.51. The lowest BCUT2D eigenvalue weighted by Gasteiger charge is -2.28. The number of nitrogens with zero attached hydrogens (tertiary/aromatic N) is 2. The maximum atomic E-state index is 10.9. The van der Waals surface area contributed by atoms with E-state index in [-0.39, 0.29) is 17.8 Å². The van der Waals surface area contributed by atoms with Crippen LogP contribution in [0.25, 0.3) is 10.6 Å². The van der Waals surface area contributed by atoms with Gasteiger partial charge in [-0.3, -0.25) is 10.1 Å².